The molecule has 5 N–H and O–H groups in total. The third-order valence-electron chi connectivity index (χ3n) is 5.34. The van der Waals surface area contributed by atoms with Gasteiger partial charge in [-0.25, -0.2) is 4.79 Å². The lowest BCUT2D eigenvalue weighted by molar-refractivity contribution is -0.142. The van der Waals surface area contributed by atoms with Gasteiger partial charge < -0.3 is 26.4 Å². The summed E-state index contributed by atoms with van der Waals surface area (Å²) in [6.45, 7) is 2.43. The fraction of sp³-hybridized carbons (Fsp3) is 0.292. The van der Waals surface area contributed by atoms with Crippen LogP contribution in [0.25, 0.3) is 0 Å². The molecule has 1 unspecified atom stereocenters. The molecule has 0 aliphatic carbocycles. The molecule has 10 heteroatoms. The number of nitrogens with two attached hydrogens (primary N) is 1. The normalized spacial score (nSPS) is 17.6. The zero-order chi connectivity index (χ0) is 24.6. The van der Waals surface area contributed by atoms with Gasteiger partial charge in [-0.15, -0.1) is 0 Å². The van der Waals surface area contributed by atoms with Gasteiger partial charge in [0.2, 0.25) is 0 Å². The molecule has 1 atom stereocenters. The lowest BCUT2D eigenvalue weighted by Gasteiger charge is -2.28. The summed E-state index contributed by atoms with van der Waals surface area (Å²) in [7, 11) is 0. The van der Waals surface area contributed by atoms with Crippen LogP contribution < -0.4 is 21.7 Å². The van der Waals surface area contributed by atoms with E-state index in [9.17, 15) is 19.2 Å². The number of nitrogens with zero attached hydrogens (tertiary/aromatic N) is 1. The number of amides is 4. The first kappa shape index (κ1) is 24.4. The number of amidine groups is 1. The smallest absolute Gasteiger partial charge is 0.315 e. The van der Waals surface area contributed by atoms with Crippen molar-refractivity contribution >= 4 is 29.7 Å². The number of hydrogen-bond donors (Lipinski definition) is 4. The van der Waals surface area contributed by atoms with Crippen LogP contribution in [0.15, 0.2) is 59.6 Å². The highest BCUT2D eigenvalue weighted by molar-refractivity contribution is 6.08. The zero-order valence-electron chi connectivity index (χ0n) is 18.8. The first-order valence-electron chi connectivity index (χ1n) is 10.9. The van der Waals surface area contributed by atoms with Crippen molar-refractivity contribution < 1.29 is 23.9 Å². The molecule has 10 nitrogen and oxygen atoms in total. The molecule has 0 aromatic heterocycles. The standard InChI is InChI=1S/C24H27N5O5/c1-2-34-19(30)12-14-27-23(33)29-24(13-15-26-22(24)32)18-10-8-16(9-11-18)20(25)28-21(31)17-6-4-3-5-7-17/h3-11H,2,12-15H2,1H3,(H,26,32)(H2,25,28,31)(H2,27,29,33). The Morgan fingerprint density at radius 2 is 1.79 bits per heavy atom. The van der Waals surface area contributed by atoms with E-state index in [0.717, 1.165) is 0 Å². The summed E-state index contributed by atoms with van der Waals surface area (Å²) in [6.07, 6.45) is 0.363. The second-order valence-corrected chi connectivity index (χ2v) is 7.59. The average Bonchev–Trinajstić information content (AvgIpc) is 3.20. The molecule has 1 aliphatic heterocycles. The summed E-state index contributed by atoms with van der Waals surface area (Å²) in [4.78, 5) is 52.8. The van der Waals surface area contributed by atoms with Crippen LogP contribution in [0.5, 0.6) is 0 Å². The fourth-order valence-corrected chi connectivity index (χ4v) is 3.59. The molecule has 34 heavy (non-hydrogen) atoms. The van der Waals surface area contributed by atoms with Gasteiger partial charge in [0, 0.05) is 30.6 Å². The van der Waals surface area contributed by atoms with Gasteiger partial charge in [0.05, 0.1) is 13.0 Å². The number of hydrogen-bond acceptors (Lipinski definition) is 5. The van der Waals surface area contributed by atoms with Gasteiger partial charge in [0.1, 0.15) is 11.4 Å². The van der Waals surface area contributed by atoms with Crippen molar-refractivity contribution in [3.05, 3.63) is 71.3 Å². The zero-order valence-corrected chi connectivity index (χ0v) is 18.8. The molecule has 0 saturated carbocycles. The fourth-order valence-electron chi connectivity index (χ4n) is 3.59. The molecule has 1 fully saturated rings. The summed E-state index contributed by atoms with van der Waals surface area (Å²) in [6, 6.07) is 14.6. The van der Waals surface area contributed by atoms with E-state index in [-0.39, 0.29) is 31.3 Å². The van der Waals surface area contributed by atoms with Crippen LogP contribution in [0.1, 0.15) is 41.3 Å². The molecular formula is C24H27N5O5. The van der Waals surface area contributed by atoms with Crippen LogP contribution in [-0.2, 0) is 19.9 Å². The van der Waals surface area contributed by atoms with Crippen LogP contribution in [0.4, 0.5) is 4.79 Å². The highest BCUT2D eigenvalue weighted by atomic mass is 16.5. The van der Waals surface area contributed by atoms with Crippen LogP contribution >= 0.6 is 0 Å². The maximum Gasteiger partial charge on any atom is 0.315 e. The van der Waals surface area contributed by atoms with Crippen molar-refractivity contribution in [1.29, 1.82) is 0 Å². The van der Waals surface area contributed by atoms with Crippen LogP contribution in [0, 0.1) is 0 Å². The Morgan fingerprint density at radius 3 is 2.41 bits per heavy atom. The number of carbonyl (C=O) groups excluding carboxylic acids is 4. The Kier molecular flexibility index (Phi) is 7.96. The van der Waals surface area contributed by atoms with E-state index in [1.54, 1.807) is 61.5 Å². The summed E-state index contributed by atoms with van der Waals surface area (Å²) < 4.78 is 4.83. The van der Waals surface area contributed by atoms with E-state index in [2.05, 4.69) is 20.9 Å². The number of rotatable bonds is 8. The number of nitrogens with one attached hydrogen (secondary N) is 3. The summed E-state index contributed by atoms with van der Waals surface area (Å²) >= 11 is 0. The number of aliphatic imine (C=N–C) groups is 1. The Morgan fingerprint density at radius 1 is 1.09 bits per heavy atom. The highest BCUT2D eigenvalue weighted by Gasteiger charge is 2.45. The van der Waals surface area contributed by atoms with Gasteiger partial charge in [0.15, 0.2) is 0 Å². The van der Waals surface area contributed by atoms with E-state index < -0.39 is 23.4 Å². The second-order valence-electron chi connectivity index (χ2n) is 7.59. The van der Waals surface area contributed by atoms with E-state index in [0.29, 0.717) is 29.7 Å². The molecule has 0 spiro atoms. The largest absolute Gasteiger partial charge is 0.466 e. The molecule has 0 radical (unpaired) electrons. The molecule has 3 rings (SSSR count). The average molecular weight is 466 g/mol. The van der Waals surface area contributed by atoms with Gasteiger partial charge in [-0.05, 0) is 24.6 Å². The number of urea groups is 1. The Bertz CT molecular complexity index is 1080. The van der Waals surface area contributed by atoms with E-state index in [1.807, 2.05) is 0 Å². The molecule has 0 bridgehead atoms. The van der Waals surface area contributed by atoms with Crippen molar-refractivity contribution in [2.45, 2.75) is 25.3 Å². The summed E-state index contributed by atoms with van der Waals surface area (Å²) in [5.41, 5.74) is 6.20. The van der Waals surface area contributed by atoms with Gasteiger partial charge in [-0.1, -0.05) is 42.5 Å². The van der Waals surface area contributed by atoms with Crippen LogP contribution in [0.3, 0.4) is 0 Å². The molecular weight excluding hydrogens is 438 g/mol. The quantitative estimate of drug-likeness (QED) is 0.261. The topological polar surface area (TPSA) is 152 Å². The maximum atomic E-state index is 12.7. The number of carbonyl (C=O) groups is 4. The molecule has 2 aromatic carbocycles. The third-order valence-corrected chi connectivity index (χ3v) is 5.34. The Balaban J connectivity index is 1.72. The highest BCUT2D eigenvalue weighted by Crippen LogP contribution is 2.29. The Hall–Kier alpha value is -4.21. The number of ether oxygens (including phenoxy) is 1. The summed E-state index contributed by atoms with van der Waals surface area (Å²) in [5, 5.41) is 8.05. The van der Waals surface area contributed by atoms with E-state index >= 15 is 0 Å². The second kappa shape index (κ2) is 11.1. The first-order chi connectivity index (χ1) is 16.4. The van der Waals surface area contributed by atoms with Gasteiger partial charge >= 0.3 is 12.0 Å². The minimum Gasteiger partial charge on any atom is -0.466 e. The van der Waals surface area contributed by atoms with Gasteiger partial charge in [0.25, 0.3) is 11.8 Å². The first-order valence-corrected chi connectivity index (χ1v) is 10.9. The minimum atomic E-state index is -1.28. The molecule has 1 heterocycles. The predicted octanol–water partition coefficient (Wildman–Crippen LogP) is 1.20. The lowest BCUT2D eigenvalue weighted by atomic mass is 9.87. The predicted molar refractivity (Wildman–Crippen MR) is 125 cm³/mol. The maximum absolute atomic E-state index is 12.7. The van der Waals surface area contributed by atoms with Crippen LogP contribution in [0.2, 0.25) is 0 Å². The van der Waals surface area contributed by atoms with E-state index in [4.69, 9.17) is 10.5 Å². The molecule has 2 aromatic rings. The molecule has 4 amide bonds. The molecule has 1 aliphatic rings. The van der Waals surface area contributed by atoms with Crippen molar-refractivity contribution in [3.63, 3.8) is 0 Å². The molecule has 178 valence electrons. The van der Waals surface area contributed by atoms with Crippen molar-refractivity contribution in [3.8, 4) is 0 Å². The van der Waals surface area contributed by atoms with Crippen molar-refractivity contribution in [2.24, 2.45) is 10.7 Å². The Labute approximate surface area is 197 Å². The minimum absolute atomic E-state index is 0.0233. The van der Waals surface area contributed by atoms with E-state index in [1.165, 1.54) is 0 Å². The molecule has 1 saturated heterocycles. The number of esters is 1. The number of benzene rings is 2. The lowest BCUT2D eigenvalue weighted by Crippen LogP contribution is -2.54. The van der Waals surface area contributed by atoms with Crippen molar-refractivity contribution in [2.75, 3.05) is 19.7 Å². The summed E-state index contributed by atoms with van der Waals surface area (Å²) in [5.74, 6) is -1.19. The SMILES string of the molecule is CCOC(=O)CCNC(=O)NC1(c2ccc(C(N)=NC(=O)c3ccccc3)cc2)CCNC1=O. The third kappa shape index (κ3) is 5.77. The van der Waals surface area contributed by atoms with Gasteiger partial charge in [-0.2, -0.15) is 4.99 Å². The van der Waals surface area contributed by atoms with Gasteiger partial charge in [-0.3, -0.25) is 14.4 Å². The van der Waals surface area contributed by atoms with Crippen molar-refractivity contribution in [1.82, 2.24) is 16.0 Å². The van der Waals surface area contributed by atoms with Crippen LogP contribution in [-0.4, -0.2) is 49.3 Å². The monoisotopic (exact) mass is 465 g/mol.